The minimum Gasteiger partial charge on any atom is -0.507 e. The van der Waals surface area contributed by atoms with Crippen molar-refractivity contribution in [2.24, 2.45) is 0 Å². The largest absolute Gasteiger partial charge is 0.507 e. The zero-order valence-electron chi connectivity index (χ0n) is 9.75. The van der Waals surface area contributed by atoms with Crippen molar-refractivity contribution in [2.45, 2.75) is 6.17 Å². The highest BCUT2D eigenvalue weighted by Gasteiger charge is 2.26. The number of carbonyl (C=O) groups excluding carboxylic acids is 2. The van der Waals surface area contributed by atoms with Gasteiger partial charge in [0, 0.05) is 11.6 Å². The summed E-state index contributed by atoms with van der Waals surface area (Å²) in [6.07, 6.45) is -0.962. The van der Waals surface area contributed by atoms with E-state index in [0.717, 1.165) is 6.07 Å². The van der Waals surface area contributed by atoms with Crippen LogP contribution in [0.25, 0.3) is 0 Å². The van der Waals surface area contributed by atoms with Gasteiger partial charge in [-0.2, -0.15) is 8.42 Å². The quantitative estimate of drug-likeness (QED) is 0.418. The van der Waals surface area contributed by atoms with Gasteiger partial charge in [-0.25, -0.2) is 9.59 Å². The molecule has 6 N–H and O–H groups in total. The first-order chi connectivity index (χ1) is 9.24. The molecule has 11 heteroatoms. The van der Waals surface area contributed by atoms with E-state index in [1.807, 2.05) is 5.32 Å². The molecule has 10 nitrogen and oxygen atoms in total. The number of hydrogen-bond acceptors (Lipinski definition) is 5. The van der Waals surface area contributed by atoms with Gasteiger partial charge in [0.25, 0.3) is 0 Å². The molecule has 1 heterocycles. The summed E-state index contributed by atoms with van der Waals surface area (Å²) in [5.74, 6) is -0.383. The highest BCUT2D eigenvalue weighted by molar-refractivity contribution is 7.87. The number of nitrogens with one attached hydrogen (secondary N) is 4. The lowest BCUT2D eigenvalue weighted by atomic mass is 10.1. The van der Waals surface area contributed by atoms with Crippen LogP contribution < -0.4 is 20.7 Å². The lowest BCUT2D eigenvalue weighted by Gasteiger charge is -2.25. The minimum atomic E-state index is -4.46. The number of anilines is 1. The zero-order valence-corrected chi connectivity index (χ0v) is 10.6. The topological polar surface area (TPSA) is 157 Å². The average molecular weight is 302 g/mol. The molecule has 20 heavy (non-hydrogen) atoms. The first-order valence-corrected chi connectivity index (χ1v) is 6.65. The van der Waals surface area contributed by atoms with Crippen LogP contribution in [-0.4, -0.2) is 30.1 Å². The Morgan fingerprint density at radius 2 is 1.75 bits per heavy atom. The molecule has 0 radical (unpaired) electrons. The van der Waals surface area contributed by atoms with Crippen molar-refractivity contribution in [3.8, 4) is 5.75 Å². The van der Waals surface area contributed by atoms with E-state index in [1.54, 1.807) is 4.72 Å². The molecule has 0 aromatic heterocycles. The molecule has 1 aromatic rings. The van der Waals surface area contributed by atoms with E-state index in [-0.39, 0.29) is 17.0 Å². The molecule has 1 saturated heterocycles. The number of rotatable bonds is 3. The summed E-state index contributed by atoms with van der Waals surface area (Å²) in [6.45, 7) is 0. The SMILES string of the molecule is O=C1NC(=O)NC(c2ccc(NS(=O)(=O)O)cc2O)N1. The van der Waals surface area contributed by atoms with Crippen molar-refractivity contribution in [3.63, 3.8) is 0 Å². The summed E-state index contributed by atoms with van der Waals surface area (Å²) >= 11 is 0. The lowest BCUT2D eigenvalue weighted by molar-refractivity contribution is 0.209. The van der Waals surface area contributed by atoms with Gasteiger partial charge in [-0.15, -0.1) is 0 Å². The Bertz CT molecular complexity index is 657. The van der Waals surface area contributed by atoms with Crippen LogP contribution in [0.3, 0.4) is 0 Å². The second-order valence-corrected chi connectivity index (χ2v) is 5.01. The molecule has 0 bridgehead atoms. The molecule has 2 rings (SSSR count). The van der Waals surface area contributed by atoms with Crippen molar-refractivity contribution in [1.82, 2.24) is 16.0 Å². The van der Waals surface area contributed by atoms with Crippen molar-refractivity contribution in [3.05, 3.63) is 23.8 Å². The molecule has 1 aliphatic rings. The van der Waals surface area contributed by atoms with Crippen LogP contribution in [0.5, 0.6) is 5.75 Å². The monoisotopic (exact) mass is 302 g/mol. The number of imide groups is 1. The number of benzene rings is 1. The molecule has 1 fully saturated rings. The second kappa shape index (κ2) is 4.86. The van der Waals surface area contributed by atoms with Crippen molar-refractivity contribution in [1.29, 1.82) is 0 Å². The van der Waals surface area contributed by atoms with E-state index in [1.165, 1.54) is 12.1 Å². The molecule has 1 aliphatic heterocycles. The maximum Gasteiger partial charge on any atom is 0.357 e. The molecule has 4 amide bonds. The van der Waals surface area contributed by atoms with Crippen LogP contribution >= 0.6 is 0 Å². The zero-order chi connectivity index (χ0) is 14.9. The van der Waals surface area contributed by atoms with Crippen molar-refractivity contribution in [2.75, 3.05) is 4.72 Å². The molecule has 0 spiro atoms. The number of hydrogen-bond donors (Lipinski definition) is 6. The molecule has 0 unspecified atom stereocenters. The number of carbonyl (C=O) groups is 2. The highest BCUT2D eigenvalue weighted by Crippen LogP contribution is 2.27. The molecular formula is C9H10N4O6S. The van der Waals surface area contributed by atoms with Gasteiger partial charge in [-0.1, -0.05) is 0 Å². The van der Waals surface area contributed by atoms with Gasteiger partial charge >= 0.3 is 22.4 Å². The number of phenolic OH excluding ortho intramolecular Hbond substituents is 1. The third-order valence-corrected chi connectivity index (χ3v) is 2.86. The fourth-order valence-electron chi connectivity index (χ4n) is 1.63. The standard InChI is InChI=1S/C9H10N4O6S/c14-6-3-4(13-20(17,18)19)1-2-5(6)7-10-8(15)12-9(16)11-7/h1-3,7,13-14H,(H,17,18,19)(H3,10,11,12,15,16). The Kier molecular flexibility index (Phi) is 3.38. The first-order valence-electron chi connectivity index (χ1n) is 5.21. The molecule has 0 saturated carbocycles. The highest BCUT2D eigenvalue weighted by atomic mass is 32.2. The van der Waals surface area contributed by atoms with Crippen molar-refractivity contribution >= 4 is 28.1 Å². The summed E-state index contributed by atoms with van der Waals surface area (Å²) in [4.78, 5) is 22.3. The number of aromatic hydroxyl groups is 1. The maximum absolute atomic E-state index is 11.1. The van der Waals surface area contributed by atoms with Gasteiger partial charge in [0.1, 0.15) is 11.9 Å². The predicted octanol–water partition coefficient (Wildman–Crippen LogP) is -0.372. The fourth-order valence-corrected chi connectivity index (χ4v) is 2.05. The molecular weight excluding hydrogens is 292 g/mol. The van der Waals surface area contributed by atoms with E-state index in [4.69, 9.17) is 4.55 Å². The maximum atomic E-state index is 11.1. The summed E-state index contributed by atoms with van der Waals surface area (Å²) in [5.41, 5.74) is 0.0643. The molecule has 0 atom stereocenters. The normalized spacial score (nSPS) is 16.1. The summed E-state index contributed by atoms with van der Waals surface area (Å²) < 4.78 is 31.6. The molecule has 108 valence electrons. The van der Waals surface area contributed by atoms with E-state index >= 15 is 0 Å². The van der Waals surface area contributed by atoms with Gasteiger partial charge in [0.05, 0.1) is 5.69 Å². The first kappa shape index (κ1) is 13.9. The second-order valence-electron chi connectivity index (χ2n) is 3.86. The number of amides is 4. The van der Waals surface area contributed by atoms with Crippen LogP contribution in [0, 0.1) is 0 Å². The molecule has 1 aromatic carbocycles. The average Bonchev–Trinajstić information content (AvgIpc) is 2.25. The Labute approximate surface area is 113 Å². The minimum absolute atomic E-state index is 0.0830. The van der Waals surface area contributed by atoms with Crippen LogP contribution in [0.4, 0.5) is 15.3 Å². The van der Waals surface area contributed by atoms with Crippen molar-refractivity contribution < 1.29 is 27.7 Å². The van der Waals surface area contributed by atoms with Crippen LogP contribution in [-0.2, 0) is 10.3 Å². The number of phenols is 1. The van der Waals surface area contributed by atoms with Gasteiger partial charge in [-0.3, -0.25) is 14.6 Å². The van der Waals surface area contributed by atoms with Gasteiger partial charge in [-0.05, 0) is 12.1 Å². The van der Waals surface area contributed by atoms with Crippen LogP contribution in [0.1, 0.15) is 11.7 Å². The third-order valence-electron chi connectivity index (χ3n) is 2.37. The number of urea groups is 2. The van der Waals surface area contributed by atoms with Gasteiger partial charge < -0.3 is 15.7 Å². The Morgan fingerprint density at radius 3 is 2.25 bits per heavy atom. The molecule has 0 aliphatic carbocycles. The Balaban J connectivity index is 2.25. The van der Waals surface area contributed by atoms with E-state index in [2.05, 4.69) is 10.6 Å². The summed E-state index contributed by atoms with van der Waals surface area (Å²) in [6, 6.07) is 2.06. The van der Waals surface area contributed by atoms with E-state index in [9.17, 15) is 23.1 Å². The lowest BCUT2D eigenvalue weighted by Crippen LogP contribution is -2.56. The van der Waals surface area contributed by atoms with Crippen LogP contribution in [0.2, 0.25) is 0 Å². The van der Waals surface area contributed by atoms with Gasteiger partial charge in [0.2, 0.25) is 0 Å². The predicted molar refractivity (Wildman–Crippen MR) is 66.2 cm³/mol. The fraction of sp³-hybridized carbons (Fsp3) is 0.111. The van der Waals surface area contributed by atoms with E-state index in [0.29, 0.717) is 0 Å². The Hall–Kier alpha value is -2.53. The van der Waals surface area contributed by atoms with Gasteiger partial charge in [0.15, 0.2) is 0 Å². The Morgan fingerprint density at radius 1 is 1.15 bits per heavy atom. The van der Waals surface area contributed by atoms with E-state index < -0.39 is 28.5 Å². The summed E-state index contributed by atoms with van der Waals surface area (Å²) in [5, 5.41) is 16.4. The third kappa shape index (κ3) is 3.27. The smallest absolute Gasteiger partial charge is 0.357 e. The van der Waals surface area contributed by atoms with Crippen LogP contribution in [0.15, 0.2) is 18.2 Å². The summed E-state index contributed by atoms with van der Waals surface area (Å²) in [7, 11) is -4.46.